The summed E-state index contributed by atoms with van der Waals surface area (Å²) < 4.78 is 3.71. The van der Waals surface area contributed by atoms with Gasteiger partial charge in [-0.1, -0.05) is 203 Å². The number of fused-ring (bicyclic) bond motifs is 7. The van der Waals surface area contributed by atoms with Crippen LogP contribution in [0.5, 0.6) is 0 Å². The fourth-order valence-electron chi connectivity index (χ4n) is 15.5. The zero-order valence-corrected chi connectivity index (χ0v) is 59.0. The Morgan fingerprint density at radius 1 is 0.406 bits per heavy atom. The van der Waals surface area contributed by atoms with Crippen LogP contribution in [0.1, 0.15) is 195 Å². The molecule has 3 aromatic heterocycles. The lowest BCUT2D eigenvalue weighted by Gasteiger charge is -2.34. The van der Waals surface area contributed by atoms with Crippen LogP contribution in [0.25, 0.3) is 50.1 Å². The van der Waals surface area contributed by atoms with Gasteiger partial charge in [-0.25, -0.2) is 0 Å². The normalized spacial score (nSPS) is 16.2. The third kappa shape index (κ3) is 13.0. The molecule has 96 heavy (non-hydrogen) atoms. The number of nitrogens with one attached hydrogen (secondary N) is 4. The van der Waals surface area contributed by atoms with Gasteiger partial charge < -0.3 is 0 Å². The summed E-state index contributed by atoms with van der Waals surface area (Å²) in [6.45, 7) is 9.20. The number of anilines is 2. The van der Waals surface area contributed by atoms with Gasteiger partial charge in [0.05, 0.1) is 27.3 Å². The Hall–Kier alpha value is -8.65. The van der Waals surface area contributed by atoms with Gasteiger partial charge in [-0.15, -0.1) is 0 Å². The molecule has 0 radical (unpaired) electrons. The third-order valence-electron chi connectivity index (χ3n) is 20.5. The van der Waals surface area contributed by atoms with Crippen LogP contribution in [0.4, 0.5) is 17.1 Å². The number of benzene rings is 5. The first-order valence-electron chi connectivity index (χ1n) is 35.1. The number of hydrazone groups is 2. The number of aromatic nitrogens is 3. The Bertz CT molecular complexity index is 4580. The van der Waals surface area contributed by atoms with Crippen molar-refractivity contribution in [2.24, 2.45) is 15.3 Å². The minimum atomic E-state index is -0.291. The molecule has 5 aliphatic rings. The van der Waals surface area contributed by atoms with Crippen LogP contribution in [-0.2, 0) is 10.8 Å². The van der Waals surface area contributed by atoms with Gasteiger partial charge in [-0.05, 0) is 190 Å². The Morgan fingerprint density at radius 2 is 0.781 bits per heavy atom. The third-order valence-corrected chi connectivity index (χ3v) is 21.8. The molecule has 8 aromatic rings. The molecule has 0 bridgehead atoms. The molecule has 4 heterocycles. The molecule has 0 saturated carbocycles. The van der Waals surface area contributed by atoms with Crippen molar-refractivity contribution in [3.8, 4) is 33.4 Å². The molecule has 0 saturated heterocycles. The van der Waals surface area contributed by atoms with Crippen LogP contribution in [0.15, 0.2) is 207 Å². The van der Waals surface area contributed by atoms with Gasteiger partial charge >= 0.3 is 0 Å². The molecular weight excluding hydrogens is 1310 g/mol. The Labute approximate surface area is 582 Å². The molecule has 0 amide bonds. The summed E-state index contributed by atoms with van der Waals surface area (Å²) in [4.78, 5) is 12.8. The summed E-state index contributed by atoms with van der Waals surface area (Å²) in [5.74, 6) is 0. The Kier molecular flexibility index (Phi) is 20.5. The first kappa shape index (κ1) is 66.0. The van der Waals surface area contributed by atoms with Crippen molar-refractivity contribution in [1.82, 2.24) is 19.6 Å². The van der Waals surface area contributed by atoms with Crippen molar-refractivity contribution < 1.29 is 0 Å². The van der Waals surface area contributed by atoms with E-state index in [2.05, 4.69) is 189 Å². The summed E-state index contributed by atoms with van der Waals surface area (Å²) >= 11 is 7.56. The lowest BCUT2D eigenvalue weighted by molar-refractivity contribution is 0.401. The number of pyridine rings is 3. The lowest BCUT2D eigenvalue weighted by atomic mass is 9.69. The zero-order valence-electron chi connectivity index (χ0n) is 55.8. The lowest BCUT2D eigenvalue weighted by Crippen LogP contribution is -2.47. The summed E-state index contributed by atoms with van der Waals surface area (Å²) in [5, 5.41) is 37.2. The van der Waals surface area contributed by atoms with Gasteiger partial charge in [0.1, 0.15) is 11.4 Å². The number of allylic oxidation sites excluding steroid dienone is 8. The average Bonchev–Trinajstić information content (AvgIpc) is 1.36. The van der Waals surface area contributed by atoms with Crippen molar-refractivity contribution in [3.63, 3.8) is 0 Å². The minimum Gasteiger partial charge on any atom is -0.298 e. The number of hydrogen-bond acceptors (Lipinski definition) is 10. The van der Waals surface area contributed by atoms with Gasteiger partial charge in [-0.2, -0.15) is 10.2 Å². The van der Waals surface area contributed by atoms with E-state index in [9.17, 15) is 10.8 Å². The number of rotatable bonds is 29. The second-order valence-electron chi connectivity index (χ2n) is 26.5. The molecule has 0 atom stereocenters. The Morgan fingerprint density at radius 3 is 1.23 bits per heavy atom. The van der Waals surface area contributed by atoms with E-state index in [0.717, 1.165) is 148 Å². The molecule has 4 aliphatic carbocycles. The summed E-state index contributed by atoms with van der Waals surface area (Å²) in [6, 6.07) is 44.4. The van der Waals surface area contributed by atoms with E-state index in [4.69, 9.17) is 15.3 Å². The van der Waals surface area contributed by atoms with Crippen LogP contribution in [0.2, 0.25) is 0 Å². The molecule has 4 N–H and O–H groups in total. The maximum atomic E-state index is 10.6. The van der Waals surface area contributed by atoms with Crippen LogP contribution < -0.4 is 26.3 Å². The second kappa shape index (κ2) is 29.8. The van der Waals surface area contributed by atoms with Crippen molar-refractivity contribution in [2.45, 2.75) is 167 Å². The van der Waals surface area contributed by atoms with Gasteiger partial charge in [0.2, 0.25) is 11.0 Å². The van der Waals surface area contributed by atoms with Crippen molar-refractivity contribution in [3.05, 3.63) is 241 Å². The van der Waals surface area contributed by atoms with E-state index in [-0.39, 0.29) is 10.8 Å². The largest absolute Gasteiger partial charge is 0.298 e. The predicted octanol–water partition coefficient (Wildman–Crippen LogP) is 21.2. The van der Waals surface area contributed by atoms with E-state index in [0.29, 0.717) is 27.3 Å². The van der Waals surface area contributed by atoms with Crippen LogP contribution >= 0.6 is 31.9 Å². The maximum Gasteiger partial charge on any atom is 0.285 e. The number of unbranched alkanes of at least 4 members (excludes halogenated alkanes) is 12. The highest BCUT2D eigenvalue weighted by molar-refractivity contribution is 9.12. The van der Waals surface area contributed by atoms with E-state index in [1.165, 1.54) is 101 Å². The van der Waals surface area contributed by atoms with Crippen LogP contribution in [0.3, 0.4) is 0 Å². The molecule has 13 heteroatoms. The van der Waals surface area contributed by atoms with Crippen molar-refractivity contribution in [2.75, 3.05) is 10.9 Å². The maximum absolute atomic E-state index is 10.6. The minimum absolute atomic E-state index is 0.238. The summed E-state index contributed by atoms with van der Waals surface area (Å²) in [6.07, 6.45) is 41.9. The number of hydrogen-bond donors (Lipinski definition) is 4. The van der Waals surface area contributed by atoms with Crippen LogP contribution in [0, 0.1) is 10.8 Å². The SMILES string of the molecule is CCCCCCC1(CCCCCC)c2cc(C3=CC=C(c4ccc5c(c4)C(CCCCCC)(CCCCCC)c4cc(-c6ccc(Br)c7c6=N[N+]=7c6ccncc6)ccc4-5)C(=NNc4ccncc4)C3=N)ccc2-c2ccc(C3=CC=C(Br)C(=N)C3=NNc3ccncc3)cc21. The molecule has 5 aromatic carbocycles. The fourth-order valence-corrected chi connectivity index (χ4v) is 16.3. The first-order chi connectivity index (χ1) is 47.1. The van der Waals surface area contributed by atoms with Gasteiger partial charge in [0.25, 0.3) is 5.36 Å². The zero-order chi connectivity index (χ0) is 66.2. The average molecular weight is 1400 g/mol. The van der Waals surface area contributed by atoms with Crippen molar-refractivity contribution >= 4 is 88.5 Å². The molecule has 11 nitrogen and oxygen atoms in total. The molecule has 0 unspecified atom stereocenters. The quantitative estimate of drug-likeness (QED) is 0.0159. The number of nitrogens with zero attached hydrogens (tertiary/aromatic N) is 7. The standard InChI is InChI=1S/C83H86Br2N11/c1-5-9-13-17-41-82(42-18-14-10-6-2)70-51-55(21-25-66(70)67-27-23-57(53-72(67)82)64-31-33-74(84)77(87)79(64)94-92-60-37-47-89-48-38-60)62-29-30-63(78(76(62)86)93-91-59-35-45-88-46-36-59)56-22-26-68-69-28-24-58(65-32-34-75(85)81-80(65)95-96(81)61-39-49-90-50-40-61)54-73(69)83(71(68)52-56,43-19-15-11-7-3)44-20-16-12-8-4/h21-40,45-54,86-87H,5-20,41-44H2,1-4H3,(H,88,91)(H,89,92)/q+1. The van der Waals surface area contributed by atoms with Crippen molar-refractivity contribution in [1.29, 1.82) is 10.8 Å². The molecule has 1 aliphatic heterocycles. The van der Waals surface area contributed by atoms with E-state index < -0.39 is 0 Å². The first-order valence-corrected chi connectivity index (χ1v) is 36.7. The van der Waals surface area contributed by atoms with Gasteiger partial charge in [0.15, 0.2) is 0 Å². The predicted molar refractivity (Wildman–Crippen MR) is 406 cm³/mol. The number of halogens is 2. The fraction of sp³-hybridized carbons (Fsp3) is 0.313. The molecular formula is C83H86Br2N11+. The highest BCUT2D eigenvalue weighted by Crippen LogP contribution is 2.58. The van der Waals surface area contributed by atoms with Gasteiger partial charge in [0, 0.05) is 92.0 Å². The molecule has 0 spiro atoms. The van der Waals surface area contributed by atoms with E-state index >= 15 is 0 Å². The summed E-state index contributed by atoms with van der Waals surface area (Å²) in [5.41, 5.74) is 29.2. The topological polar surface area (TPSA) is 151 Å². The highest BCUT2D eigenvalue weighted by atomic mass is 79.9. The van der Waals surface area contributed by atoms with Gasteiger partial charge in [-0.3, -0.25) is 36.6 Å². The second-order valence-corrected chi connectivity index (χ2v) is 28.2. The molecule has 13 rings (SSSR count). The Balaban J connectivity index is 0.927. The van der Waals surface area contributed by atoms with E-state index in [1.54, 1.807) is 24.8 Å². The summed E-state index contributed by atoms with van der Waals surface area (Å²) in [7, 11) is 0. The highest BCUT2D eigenvalue weighted by Gasteiger charge is 2.45. The smallest absolute Gasteiger partial charge is 0.285 e. The molecule has 486 valence electrons. The monoisotopic (exact) mass is 1390 g/mol. The van der Waals surface area contributed by atoms with Crippen LogP contribution in [-0.4, -0.2) is 37.8 Å². The van der Waals surface area contributed by atoms with E-state index in [1.807, 2.05) is 59.6 Å². The molecule has 0 fully saturated rings.